The van der Waals surface area contributed by atoms with Gasteiger partial charge in [0.1, 0.15) is 0 Å². The van der Waals surface area contributed by atoms with Gasteiger partial charge in [-0.1, -0.05) is 23.8 Å². The van der Waals surface area contributed by atoms with Crippen molar-refractivity contribution in [2.45, 2.75) is 11.8 Å². The Morgan fingerprint density at radius 1 is 1.62 bits per heavy atom. The van der Waals surface area contributed by atoms with Crippen molar-refractivity contribution in [2.75, 3.05) is 0 Å². The first-order chi connectivity index (χ1) is 3.80. The molecule has 1 atom stereocenters. The lowest BCUT2D eigenvalue weighted by Gasteiger charge is -2.06. The molecule has 2 heteroatoms. The Morgan fingerprint density at radius 2 is 2.38 bits per heavy atom. The van der Waals surface area contributed by atoms with Gasteiger partial charge in [-0.15, -0.1) is 11.6 Å². The van der Waals surface area contributed by atoms with E-state index in [1.165, 1.54) is 0 Å². The van der Waals surface area contributed by atoms with Crippen molar-refractivity contribution in [3.8, 4) is 0 Å². The zero-order chi connectivity index (χ0) is 5.98. The van der Waals surface area contributed by atoms with Crippen LogP contribution in [0.3, 0.4) is 0 Å². The summed E-state index contributed by atoms with van der Waals surface area (Å²) in [5.74, 6) is 0. The minimum atomic E-state index is 0.0154. The van der Waals surface area contributed by atoms with Gasteiger partial charge in [-0.3, -0.25) is 0 Å². The first kappa shape index (κ1) is 6.18. The highest BCUT2D eigenvalue weighted by Crippen LogP contribution is 2.21. The lowest BCUT2D eigenvalue weighted by atomic mass is 10.2. The number of hydrogen-bond acceptors (Lipinski definition) is 0. The van der Waals surface area contributed by atoms with Crippen LogP contribution in [-0.4, -0.2) is 5.38 Å². The summed E-state index contributed by atoms with van der Waals surface area (Å²) in [7, 11) is 0. The summed E-state index contributed by atoms with van der Waals surface area (Å²) in [4.78, 5) is 0. The minimum absolute atomic E-state index is 0.0154. The molecule has 0 amide bonds. The molecule has 0 heterocycles. The average molecular weight is 149 g/mol. The first-order valence-electron chi connectivity index (χ1n) is 2.47. The number of halogens is 2. The molecule has 0 aromatic heterocycles. The predicted octanol–water partition coefficient (Wildman–Crippen LogP) is 2.68. The Kier molecular flexibility index (Phi) is 1.98. The molecule has 0 fully saturated rings. The van der Waals surface area contributed by atoms with E-state index < -0.39 is 0 Å². The van der Waals surface area contributed by atoms with Gasteiger partial charge in [0.05, 0.1) is 5.38 Å². The van der Waals surface area contributed by atoms with Gasteiger partial charge >= 0.3 is 0 Å². The number of hydrogen-bond donors (Lipinski definition) is 0. The van der Waals surface area contributed by atoms with Crippen LogP contribution in [0.15, 0.2) is 23.3 Å². The third kappa shape index (κ3) is 1.27. The fraction of sp³-hybridized carbons (Fsp3) is 0.333. The Hall–Kier alpha value is 0.0600. The first-order valence-corrected chi connectivity index (χ1v) is 3.28. The van der Waals surface area contributed by atoms with Crippen LogP contribution >= 0.6 is 23.2 Å². The molecule has 0 nitrogen and oxygen atoms in total. The van der Waals surface area contributed by atoms with E-state index in [0.717, 1.165) is 11.5 Å². The Balaban J connectivity index is 2.66. The van der Waals surface area contributed by atoms with Crippen LogP contribution in [0.5, 0.6) is 0 Å². The summed E-state index contributed by atoms with van der Waals surface area (Å²) in [6.45, 7) is 0. The highest BCUT2D eigenvalue weighted by molar-refractivity contribution is 6.37. The number of allylic oxidation sites excluding steroid dienone is 4. The molecule has 0 aliphatic heterocycles. The van der Waals surface area contributed by atoms with Crippen molar-refractivity contribution in [3.05, 3.63) is 23.3 Å². The summed E-state index contributed by atoms with van der Waals surface area (Å²) in [5.41, 5.74) is 0. The van der Waals surface area contributed by atoms with Crippen molar-refractivity contribution in [1.29, 1.82) is 0 Å². The number of alkyl halides is 1. The van der Waals surface area contributed by atoms with Gasteiger partial charge in [0.15, 0.2) is 0 Å². The fourth-order valence-corrected chi connectivity index (χ4v) is 0.912. The van der Waals surface area contributed by atoms with Crippen LogP contribution in [0, 0.1) is 0 Å². The van der Waals surface area contributed by atoms with Crippen molar-refractivity contribution in [3.63, 3.8) is 0 Å². The number of rotatable bonds is 0. The van der Waals surface area contributed by atoms with E-state index in [1.807, 2.05) is 18.2 Å². The van der Waals surface area contributed by atoms with Gasteiger partial charge in [-0.25, -0.2) is 0 Å². The van der Waals surface area contributed by atoms with Gasteiger partial charge in [-0.05, 0) is 12.5 Å². The van der Waals surface area contributed by atoms with Gasteiger partial charge in [0.2, 0.25) is 0 Å². The third-order valence-electron chi connectivity index (χ3n) is 1.03. The van der Waals surface area contributed by atoms with Crippen LogP contribution in [-0.2, 0) is 0 Å². The van der Waals surface area contributed by atoms with Crippen molar-refractivity contribution in [2.24, 2.45) is 0 Å². The zero-order valence-electron chi connectivity index (χ0n) is 4.27. The molecular formula is C6H6Cl2. The molecule has 0 radical (unpaired) electrons. The molecule has 0 spiro atoms. The second kappa shape index (κ2) is 2.56. The maximum absolute atomic E-state index is 5.72. The molecule has 8 heavy (non-hydrogen) atoms. The molecular weight excluding hydrogens is 143 g/mol. The maximum atomic E-state index is 5.72. The van der Waals surface area contributed by atoms with Crippen LogP contribution < -0.4 is 0 Å². The highest BCUT2D eigenvalue weighted by Gasteiger charge is 2.07. The molecule has 1 aliphatic rings. The SMILES string of the molecule is ClC1=CC=CCC1Cl. The van der Waals surface area contributed by atoms with Crippen LogP contribution in [0.1, 0.15) is 6.42 Å². The molecule has 1 aliphatic carbocycles. The predicted molar refractivity (Wildman–Crippen MR) is 37.3 cm³/mol. The standard InChI is InChI=1S/C6H6Cl2/c7-5-3-1-2-4-6(5)8/h1-3,6H,4H2. The summed E-state index contributed by atoms with van der Waals surface area (Å²) < 4.78 is 0. The van der Waals surface area contributed by atoms with E-state index >= 15 is 0 Å². The largest absolute Gasteiger partial charge is 0.117 e. The van der Waals surface area contributed by atoms with Crippen LogP contribution in [0.4, 0.5) is 0 Å². The normalized spacial score (nSPS) is 27.8. The lowest BCUT2D eigenvalue weighted by molar-refractivity contribution is 1.03. The van der Waals surface area contributed by atoms with E-state index in [-0.39, 0.29) is 5.38 Å². The van der Waals surface area contributed by atoms with E-state index in [4.69, 9.17) is 23.2 Å². The van der Waals surface area contributed by atoms with E-state index in [9.17, 15) is 0 Å². The Morgan fingerprint density at radius 3 is 2.75 bits per heavy atom. The Labute approximate surface area is 58.8 Å². The van der Waals surface area contributed by atoms with Crippen molar-refractivity contribution >= 4 is 23.2 Å². The molecule has 0 saturated heterocycles. The molecule has 0 aromatic rings. The average Bonchev–Trinajstić information content (AvgIpc) is 1.77. The molecule has 0 aromatic carbocycles. The van der Waals surface area contributed by atoms with Gasteiger partial charge in [-0.2, -0.15) is 0 Å². The topological polar surface area (TPSA) is 0 Å². The zero-order valence-corrected chi connectivity index (χ0v) is 5.78. The van der Waals surface area contributed by atoms with E-state index in [1.54, 1.807) is 0 Å². The summed E-state index contributed by atoms with van der Waals surface area (Å²) in [6, 6.07) is 0. The third-order valence-corrected chi connectivity index (χ3v) is 1.95. The summed E-state index contributed by atoms with van der Waals surface area (Å²) in [6.07, 6.45) is 6.60. The lowest BCUT2D eigenvalue weighted by Crippen LogP contribution is -1.98. The summed E-state index contributed by atoms with van der Waals surface area (Å²) >= 11 is 11.4. The van der Waals surface area contributed by atoms with Crippen molar-refractivity contribution in [1.82, 2.24) is 0 Å². The van der Waals surface area contributed by atoms with Crippen molar-refractivity contribution < 1.29 is 0 Å². The second-order valence-corrected chi connectivity index (χ2v) is 2.65. The van der Waals surface area contributed by atoms with E-state index in [0.29, 0.717) is 0 Å². The Bertz CT molecular complexity index is 135. The maximum Gasteiger partial charge on any atom is 0.0726 e. The van der Waals surface area contributed by atoms with Crippen LogP contribution in [0.25, 0.3) is 0 Å². The highest BCUT2D eigenvalue weighted by atomic mass is 35.5. The smallest absolute Gasteiger partial charge is 0.0726 e. The molecule has 1 unspecified atom stereocenters. The molecule has 1 rings (SSSR count). The quantitative estimate of drug-likeness (QED) is 0.464. The monoisotopic (exact) mass is 148 g/mol. The molecule has 44 valence electrons. The summed E-state index contributed by atoms with van der Waals surface area (Å²) in [5, 5.41) is 0.760. The minimum Gasteiger partial charge on any atom is -0.117 e. The van der Waals surface area contributed by atoms with Gasteiger partial charge < -0.3 is 0 Å². The molecule has 0 N–H and O–H groups in total. The molecule has 0 saturated carbocycles. The second-order valence-electron chi connectivity index (χ2n) is 1.68. The molecule has 0 bridgehead atoms. The van der Waals surface area contributed by atoms with Gasteiger partial charge in [0, 0.05) is 5.03 Å². The van der Waals surface area contributed by atoms with Crippen LogP contribution in [0.2, 0.25) is 0 Å². The van der Waals surface area contributed by atoms with E-state index in [2.05, 4.69) is 0 Å². The van der Waals surface area contributed by atoms with Gasteiger partial charge in [0.25, 0.3) is 0 Å². The fourth-order valence-electron chi connectivity index (χ4n) is 0.575.